The summed E-state index contributed by atoms with van der Waals surface area (Å²) in [5, 5.41) is 13.7. The molecule has 2 heterocycles. The van der Waals surface area contributed by atoms with Gasteiger partial charge in [0.1, 0.15) is 23.6 Å². The lowest BCUT2D eigenvalue weighted by molar-refractivity contribution is 0.200. The predicted molar refractivity (Wildman–Crippen MR) is 122 cm³/mol. The number of nitrogens with zero attached hydrogens (tertiary/aromatic N) is 4. The molecule has 8 heteroatoms. The van der Waals surface area contributed by atoms with Crippen LogP contribution in [-0.4, -0.2) is 28.7 Å². The number of anilines is 1. The van der Waals surface area contributed by atoms with Crippen LogP contribution in [0.15, 0.2) is 24.3 Å². The molecule has 0 amide bonds. The molecule has 0 bridgehead atoms. The number of hydrogen-bond donors (Lipinski definition) is 1. The van der Waals surface area contributed by atoms with Gasteiger partial charge in [-0.25, -0.2) is 23.7 Å². The van der Waals surface area contributed by atoms with Crippen LogP contribution in [0.25, 0.3) is 11.0 Å². The second-order valence-corrected chi connectivity index (χ2v) is 8.65. The van der Waals surface area contributed by atoms with Gasteiger partial charge in [-0.05, 0) is 45.2 Å². The minimum atomic E-state index is -1.41. The Balaban J connectivity index is 1.80. The van der Waals surface area contributed by atoms with Crippen LogP contribution >= 0.6 is 0 Å². The number of hydrogen-bond acceptors (Lipinski definition) is 6. The molecule has 1 aromatic carbocycles. The Morgan fingerprint density at radius 2 is 1.94 bits per heavy atom. The number of halogens is 2. The fourth-order valence-electron chi connectivity index (χ4n) is 4.15. The van der Waals surface area contributed by atoms with Crippen molar-refractivity contribution in [2.45, 2.75) is 57.7 Å². The Bertz CT molecular complexity index is 1230. The van der Waals surface area contributed by atoms with Gasteiger partial charge >= 0.3 is 0 Å². The van der Waals surface area contributed by atoms with E-state index in [1.165, 1.54) is 13.0 Å². The molecule has 0 saturated heterocycles. The van der Waals surface area contributed by atoms with Gasteiger partial charge in [0, 0.05) is 30.4 Å². The fourth-order valence-corrected chi connectivity index (χ4v) is 4.15. The molecule has 1 N–H and O–H groups in total. The molecule has 1 unspecified atom stereocenters. The summed E-state index contributed by atoms with van der Waals surface area (Å²) in [5.41, 5.74) is 2.01. The lowest BCUT2D eigenvalue weighted by Gasteiger charge is -2.20. The van der Waals surface area contributed by atoms with Gasteiger partial charge in [-0.15, -0.1) is 0 Å². The molecule has 1 saturated carbocycles. The van der Waals surface area contributed by atoms with Gasteiger partial charge in [0.2, 0.25) is 0 Å². The van der Waals surface area contributed by atoms with Gasteiger partial charge in [-0.2, -0.15) is 5.26 Å². The van der Waals surface area contributed by atoms with Gasteiger partial charge in [0.25, 0.3) is 0 Å². The third-order valence-electron chi connectivity index (χ3n) is 6.24. The van der Waals surface area contributed by atoms with E-state index < -0.39 is 23.4 Å². The van der Waals surface area contributed by atoms with Gasteiger partial charge in [0.15, 0.2) is 5.65 Å². The molecule has 172 valence electrons. The van der Waals surface area contributed by atoms with Crippen molar-refractivity contribution in [1.82, 2.24) is 15.0 Å². The molecule has 3 aromatic rings. The zero-order chi connectivity index (χ0) is 23.8. The maximum atomic E-state index is 15.0. The van der Waals surface area contributed by atoms with Gasteiger partial charge in [0.05, 0.1) is 29.5 Å². The minimum Gasteiger partial charge on any atom is -0.384 e. The average molecular weight is 452 g/mol. The molecule has 0 spiro atoms. The Labute approximate surface area is 192 Å². The third-order valence-corrected chi connectivity index (χ3v) is 6.24. The Morgan fingerprint density at radius 1 is 1.21 bits per heavy atom. The van der Waals surface area contributed by atoms with Crippen LogP contribution in [0.3, 0.4) is 0 Å². The average Bonchev–Trinajstić information content (AvgIpc) is 3.58. The number of aromatic nitrogens is 3. The lowest BCUT2D eigenvalue weighted by atomic mass is 9.95. The van der Waals surface area contributed by atoms with Crippen LogP contribution in [-0.2, 0) is 16.6 Å². The molecule has 2 aromatic heterocycles. The van der Waals surface area contributed by atoms with E-state index in [4.69, 9.17) is 4.74 Å². The number of fused-ring (bicyclic) bond motifs is 1. The molecule has 6 nitrogen and oxygen atoms in total. The standard InChI is InChI=1S/C25H27F2N5O/c1-14(26)17-6-5-7-18(22(17)27)15(2)29-23-19-12-20(25(13-28)9-10-25)16(3)30-24(19)32-21(31-23)8-11-33-4/h5-7,12,14-15H,8-11H2,1-4H3,(H,29,30,31,32)/t14?,15-/m1/s1. The summed E-state index contributed by atoms with van der Waals surface area (Å²) in [6.07, 6.45) is 0.669. The van der Waals surface area contributed by atoms with Crippen molar-refractivity contribution in [2.24, 2.45) is 0 Å². The highest BCUT2D eigenvalue weighted by Crippen LogP contribution is 2.49. The van der Waals surface area contributed by atoms with Gasteiger partial charge in [-0.3, -0.25) is 0 Å². The van der Waals surface area contributed by atoms with Crippen molar-refractivity contribution in [3.63, 3.8) is 0 Å². The summed E-state index contributed by atoms with van der Waals surface area (Å²) in [6.45, 7) is 5.45. The van der Waals surface area contributed by atoms with Crippen LogP contribution in [0.2, 0.25) is 0 Å². The third kappa shape index (κ3) is 4.38. The zero-order valence-electron chi connectivity index (χ0n) is 19.2. The van der Waals surface area contributed by atoms with E-state index in [9.17, 15) is 14.0 Å². The summed E-state index contributed by atoms with van der Waals surface area (Å²) in [4.78, 5) is 13.9. The molecule has 2 atom stereocenters. The molecule has 33 heavy (non-hydrogen) atoms. The van der Waals surface area contributed by atoms with E-state index in [1.807, 2.05) is 13.0 Å². The monoisotopic (exact) mass is 451 g/mol. The molecule has 4 rings (SSSR count). The van der Waals surface area contributed by atoms with E-state index >= 15 is 0 Å². The largest absolute Gasteiger partial charge is 0.384 e. The van der Waals surface area contributed by atoms with Gasteiger partial charge in [-0.1, -0.05) is 18.2 Å². The first-order chi connectivity index (χ1) is 15.8. The quantitative estimate of drug-likeness (QED) is 0.492. The smallest absolute Gasteiger partial charge is 0.165 e. The Hall–Kier alpha value is -3.18. The minimum absolute atomic E-state index is 0.0266. The first kappa shape index (κ1) is 23.0. The summed E-state index contributed by atoms with van der Waals surface area (Å²) in [7, 11) is 1.61. The number of benzene rings is 1. The topological polar surface area (TPSA) is 83.7 Å². The highest BCUT2D eigenvalue weighted by atomic mass is 19.1. The number of nitriles is 1. The summed E-state index contributed by atoms with van der Waals surface area (Å²) in [6, 6.07) is 8.60. The van der Waals surface area contributed by atoms with Crippen molar-refractivity contribution in [3.05, 3.63) is 58.3 Å². The summed E-state index contributed by atoms with van der Waals surface area (Å²) >= 11 is 0. The maximum Gasteiger partial charge on any atom is 0.165 e. The van der Waals surface area contributed by atoms with E-state index in [2.05, 4.69) is 26.3 Å². The zero-order valence-corrected chi connectivity index (χ0v) is 19.2. The number of rotatable bonds is 8. The van der Waals surface area contributed by atoms with Crippen LogP contribution < -0.4 is 5.32 Å². The van der Waals surface area contributed by atoms with Crippen molar-refractivity contribution in [1.29, 1.82) is 5.26 Å². The predicted octanol–water partition coefficient (Wildman–Crippen LogP) is 5.42. The number of nitrogens with one attached hydrogen (secondary N) is 1. The van der Waals surface area contributed by atoms with Crippen LogP contribution in [0.4, 0.5) is 14.6 Å². The van der Waals surface area contributed by atoms with Gasteiger partial charge < -0.3 is 10.1 Å². The van der Waals surface area contributed by atoms with E-state index in [0.717, 1.165) is 24.1 Å². The van der Waals surface area contributed by atoms with Crippen molar-refractivity contribution < 1.29 is 13.5 Å². The second kappa shape index (κ2) is 8.99. The lowest BCUT2D eigenvalue weighted by Crippen LogP contribution is -2.15. The van der Waals surface area contributed by atoms with E-state index in [1.54, 1.807) is 26.2 Å². The molecular weight excluding hydrogens is 424 g/mol. The number of ether oxygens (including phenoxy) is 1. The molecule has 1 aliphatic rings. The van der Waals surface area contributed by atoms with E-state index in [0.29, 0.717) is 41.3 Å². The van der Waals surface area contributed by atoms with Crippen molar-refractivity contribution in [3.8, 4) is 6.07 Å². The summed E-state index contributed by atoms with van der Waals surface area (Å²) < 4.78 is 34.0. The van der Waals surface area contributed by atoms with Crippen LogP contribution in [0.5, 0.6) is 0 Å². The Kier molecular flexibility index (Phi) is 6.26. The molecular formula is C25H27F2N5O. The van der Waals surface area contributed by atoms with E-state index in [-0.39, 0.29) is 5.56 Å². The normalized spacial score (nSPS) is 16.3. The number of pyridine rings is 1. The van der Waals surface area contributed by atoms with Crippen molar-refractivity contribution >= 4 is 16.9 Å². The Morgan fingerprint density at radius 3 is 2.58 bits per heavy atom. The summed E-state index contributed by atoms with van der Waals surface area (Å²) in [5.74, 6) is 0.479. The van der Waals surface area contributed by atoms with Crippen LogP contribution in [0, 0.1) is 24.1 Å². The SMILES string of the molecule is COCCc1nc(N[C@H](C)c2cccc(C(C)F)c2F)c2cc(C3(C#N)CC3)c(C)nc2n1. The first-order valence-corrected chi connectivity index (χ1v) is 11.1. The molecule has 0 radical (unpaired) electrons. The van der Waals surface area contributed by atoms with Crippen molar-refractivity contribution in [2.75, 3.05) is 19.0 Å². The number of alkyl halides is 1. The molecule has 1 aliphatic carbocycles. The fraction of sp³-hybridized carbons (Fsp3) is 0.440. The molecule has 1 fully saturated rings. The second-order valence-electron chi connectivity index (χ2n) is 8.65. The van der Waals surface area contributed by atoms with Crippen LogP contribution in [0.1, 0.15) is 67.1 Å². The highest BCUT2D eigenvalue weighted by Gasteiger charge is 2.46. The number of aryl methyl sites for hydroxylation is 1. The number of methoxy groups -OCH3 is 1. The molecule has 0 aliphatic heterocycles. The first-order valence-electron chi connectivity index (χ1n) is 11.1. The highest BCUT2D eigenvalue weighted by molar-refractivity contribution is 5.88. The maximum absolute atomic E-state index is 15.0.